The van der Waals surface area contributed by atoms with Crippen LogP contribution in [0.5, 0.6) is 5.75 Å². The zero-order valence-corrected chi connectivity index (χ0v) is 19.3. The average molecular weight is 441 g/mol. The highest BCUT2D eigenvalue weighted by molar-refractivity contribution is 6.31. The molecule has 0 radical (unpaired) electrons. The quantitative estimate of drug-likeness (QED) is 0.621. The summed E-state index contributed by atoms with van der Waals surface area (Å²) in [4.78, 5) is 15.7. The molecule has 4 nitrogen and oxygen atoms in total. The minimum atomic E-state index is -0.213. The fourth-order valence-electron chi connectivity index (χ4n) is 5.00. The maximum Gasteiger partial charge on any atom is 0.224 e. The number of hydrogen-bond acceptors (Lipinski definition) is 3. The summed E-state index contributed by atoms with van der Waals surface area (Å²) in [6, 6.07) is 16.1. The number of carbonyl (C=O) groups is 1. The van der Waals surface area contributed by atoms with Crippen LogP contribution in [0.25, 0.3) is 0 Å². The van der Waals surface area contributed by atoms with Crippen molar-refractivity contribution in [3.8, 4) is 5.75 Å². The third-order valence-corrected chi connectivity index (χ3v) is 7.40. The van der Waals surface area contributed by atoms with Gasteiger partial charge in [-0.1, -0.05) is 61.8 Å². The Balaban J connectivity index is 1.45. The van der Waals surface area contributed by atoms with Gasteiger partial charge in [0, 0.05) is 30.1 Å². The van der Waals surface area contributed by atoms with Crippen LogP contribution in [0.15, 0.2) is 48.5 Å². The van der Waals surface area contributed by atoms with Crippen LogP contribution in [-0.2, 0) is 11.3 Å². The van der Waals surface area contributed by atoms with Gasteiger partial charge in [-0.05, 0) is 49.9 Å². The van der Waals surface area contributed by atoms with Gasteiger partial charge in [-0.2, -0.15) is 0 Å². The van der Waals surface area contributed by atoms with E-state index < -0.39 is 0 Å². The van der Waals surface area contributed by atoms with Crippen LogP contribution in [0.4, 0.5) is 0 Å². The summed E-state index contributed by atoms with van der Waals surface area (Å²) < 4.78 is 6.40. The molecule has 1 amide bonds. The van der Waals surface area contributed by atoms with Gasteiger partial charge in [-0.3, -0.25) is 9.69 Å². The first-order valence-electron chi connectivity index (χ1n) is 11.6. The number of benzene rings is 2. The molecule has 166 valence electrons. The normalized spacial score (nSPS) is 22.9. The second-order valence-electron chi connectivity index (χ2n) is 8.96. The summed E-state index contributed by atoms with van der Waals surface area (Å²) in [6.07, 6.45) is 4.64. The van der Waals surface area contributed by atoms with Crippen molar-refractivity contribution in [3.63, 3.8) is 0 Å². The number of halogens is 1. The van der Waals surface area contributed by atoms with Crippen LogP contribution in [0.2, 0.25) is 5.02 Å². The highest BCUT2D eigenvalue weighted by Gasteiger charge is 2.39. The van der Waals surface area contributed by atoms with Crippen molar-refractivity contribution in [2.45, 2.75) is 64.1 Å². The van der Waals surface area contributed by atoms with Gasteiger partial charge in [0.25, 0.3) is 0 Å². The minimum absolute atomic E-state index is 0.00343. The Morgan fingerprint density at radius 2 is 1.90 bits per heavy atom. The summed E-state index contributed by atoms with van der Waals surface area (Å²) in [6.45, 7) is 6.91. The number of amides is 1. The minimum Gasteiger partial charge on any atom is -0.487 e. The fraction of sp³-hybridized carbons (Fsp3) is 0.500. The van der Waals surface area contributed by atoms with Crippen molar-refractivity contribution in [1.29, 1.82) is 0 Å². The average Bonchev–Trinajstić information content (AvgIpc) is 2.80. The molecular formula is C26H33ClN2O2. The summed E-state index contributed by atoms with van der Waals surface area (Å²) in [5, 5.41) is 4.19. The lowest BCUT2D eigenvalue weighted by molar-refractivity contribution is -0.128. The number of fused-ring (bicyclic) bond motifs is 1. The molecule has 2 aliphatic heterocycles. The predicted octanol–water partition coefficient (Wildman–Crippen LogP) is 5.75. The fourth-order valence-corrected chi connectivity index (χ4v) is 5.20. The molecule has 0 aliphatic carbocycles. The number of para-hydroxylation sites is 1. The van der Waals surface area contributed by atoms with Gasteiger partial charge in [0.05, 0.1) is 12.0 Å². The van der Waals surface area contributed by atoms with Crippen molar-refractivity contribution >= 4 is 17.5 Å². The van der Waals surface area contributed by atoms with E-state index in [4.69, 9.17) is 16.3 Å². The Morgan fingerprint density at radius 3 is 2.68 bits per heavy atom. The first-order chi connectivity index (χ1) is 15.0. The SMILES string of the molecule is CCC1(CC)C[C@H](NC(=O)[C@H]2CCCN(Cc3ccccc3Cl)C2)c2ccccc2O1. The van der Waals surface area contributed by atoms with Crippen molar-refractivity contribution < 1.29 is 9.53 Å². The van der Waals surface area contributed by atoms with E-state index in [0.717, 1.165) is 73.6 Å². The number of hydrogen-bond donors (Lipinski definition) is 1. The lowest BCUT2D eigenvalue weighted by atomic mass is 9.83. The van der Waals surface area contributed by atoms with Crippen LogP contribution >= 0.6 is 11.6 Å². The molecule has 2 heterocycles. The zero-order chi connectivity index (χ0) is 21.8. The van der Waals surface area contributed by atoms with Gasteiger partial charge in [0.15, 0.2) is 0 Å². The monoisotopic (exact) mass is 440 g/mol. The van der Waals surface area contributed by atoms with Gasteiger partial charge >= 0.3 is 0 Å². The molecule has 2 aromatic carbocycles. The zero-order valence-electron chi connectivity index (χ0n) is 18.6. The number of rotatable bonds is 6. The number of nitrogens with zero attached hydrogens (tertiary/aromatic N) is 1. The summed E-state index contributed by atoms with van der Waals surface area (Å²) in [5.74, 6) is 1.07. The van der Waals surface area contributed by atoms with E-state index in [2.05, 4.69) is 36.2 Å². The molecule has 1 N–H and O–H groups in total. The molecule has 2 aliphatic rings. The van der Waals surface area contributed by atoms with Gasteiger partial charge in [0.1, 0.15) is 11.4 Å². The van der Waals surface area contributed by atoms with Gasteiger partial charge in [-0.15, -0.1) is 0 Å². The Hall–Kier alpha value is -2.04. The standard InChI is InChI=1S/C26H33ClN2O2/c1-3-26(4-2)16-23(21-12-6-8-14-24(21)31-26)28-25(30)20-11-9-15-29(18-20)17-19-10-5-7-13-22(19)27/h5-8,10,12-14,20,23H,3-4,9,11,15-18H2,1-2H3,(H,28,30)/t20-,23-/m0/s1. The smallest absolute Gasteiger partial charge is 0.224 e. The first-order valence-corrected chi connectivity index (χ1v) is 12.0. The Morgan fingerprint density at radius 1 is 1.16 bits per heavy atom. The Kier molecular flexibility index (Phi) is 6.88. The van der Waals surface area contributed by atoms with Crippen molar-refractivity contribution in [1.82, 2.24) is 10.2 Å². The molecule has 0 aromatic heterocycles. The molecule has 1 saturated heterocycles. The molecule has 0 bridgehead atoms. The van der Waals surface area contributed by atoms with E-state index in [0.29, 0.717) is 0 Å². The highest BCUT2D eigenvalue weighted by atomic mass is 35.5. The molecule has 0 saturated carbocycles. The maximum absolute atomic E-state index is 13.3. The van der Waals surface area contributed by atoms with Crippen LogP contribution in [-0.4, -0.2) is 29.5 Å². The molecule has 0 spiro atoms. The van der Waals surface area contributed by atoms with Crippen LogP contribution in [0.1, 0.15) is 63.1 Å². The molecular weight excluding hydrogens is 408 g/mol. The second kappa shape index (κ2) is 9.62. The Labute approximate surface area is 190 Å². The number of nitrogens with one attached hydrogen (secondary N) is 1. The number of carbonyl (C=O) groups excluding carboxylic acids is 1. The van der Waals surface area contributed by atoms with E-state index in [1.165, 1.54) is 0 Å². The van der Waals surface area contributed by atoms with Crippen molar-refractivity contribution in [2.75, 3.05) is 13.1 Å². The Bertz CT molecular complexity index is 912. The molecule has 31 heavy (non-hydrogen) atoms. The number of piperidine rings is 1. The molecule has 4 rings (SSSR count). The summed E-state index contributed by atoms with van der Waals surface area (Å²) in [7, 11) is 0. The van der Waals surface area contributed by atoms with Gasteiger partial charge in [0.2, 0.25) is 5.91 Å². The molecule has 2 atom stereocenters. The van der Waals surface area contributed by atoms with E-state index in [1.807, 2.05) is 36.4 Å². The van der Waals surface area contributed by atoms with E-state index in [1.54, 1.807) is 0 Å². The third kappa shape index (κ3) is 4.91. The first kappa shape index (κ1) is 22.2. The number of ether oxygens (including phenoxy) is 1. The van der Waals surface area contributed by atoms with Gasteiger partial charge < -0.3 is 10.1 Å². The van der Waals surface area contributed by atoms with E-state index in [9.17, 15) is 4.79 Å². The maximum atomic E-state index is 13.3. The largest absolute Gasteiger partial charge is 0.487 e. The van der Waals surface area contributed by atoms with Crippen LogP contribution < -0.4 is 10.1 Å². The third-order valence-electron chi connectivity index (χ3n) is 7.03. The predicted molar refractivity (Wildman–Crippen MR) is 125 cm³/mol. The van der Waals surface area contributed by atoms with Crippen molar-refractivity contribution in [3.05, 3.63) is 64.7 Å². The van der Waals surface area contributed by atoms with Gasteiger partial charge in [-0.25, -0.2) is 0 Å². The molecule has 1 fully saturated rings. The summed E-state index contributed by atoms with van der Waals surface area (Å²) in [5.41, 5.74) is 2.01. The second-order valence-corrected chi connectivity index (χ2v) is 9.37. The summed E-state index contributed by atoms with van der Waals surface area (Å²) >= 11 is 6.36. The van der Waals surface area contributed by atoms with Crippen LogP contribution in [0.3, 0.4) is 0 Å². The topological polar surface area (TPSA) is 41.6 Å². The lowest BCUT2D eigenvalue weighted by Crippen LogP contribution is -2.48. The van der Waals surface area contributed by atoms with E-state index in [-0.39, 0.29) is 23.5 Å². The molecule has 5 heteroatoms. The molecule has 0 unspecified atom stereocenters. The lowest BCUT2D eigenvalue weighted by Gasteiger charge is -2.42. The highest BCUT2D eigenvalue weighted by Crippen LogP contribution is 2.42. The number of likely N-dealkylation sites (tertiary alicyclic amines) is 1. The van der Waals surface area contributed by atoms with Crippen LogP contribution in [0, 0.1) is 5.92 Å². The van der Waals surface area contributed by atoms with E-state index >= 15 is 0 Å². The van der Waals surface area contributed by atoms with Crippen molar-refractivity contribution in [2.24, 2.45) is 5.92 Å². The molecule has 2 aromatic rings.